The summed E-state index contributed by atoms with van der Waals surface area (Å²) in [7, 11) is 1.29. The molecule has 5 N–H and O–H groups in total. The van der Waals surface area contributed by atoms with Crippen molar-refractivity contribution in [2.75, 3.05) is 25.9 Å². The van der Waals surface area contributed by atoms with Gasteiger partial charge in [-0.15, -0.1) is 0 Å². The van der Waals surface area contributed by atoms with Crippen LogP contribution in [0.4, 0.5) is 10.6 Å². The van der Waals surface area contributed by atoms with Crippen LogP contribution in [0.15, 0.2) is 6.33 Å². The fraction of sp³-hybridized carbons (Fsp3) is 0.550. The standard InChI is InChI=1S/C20H25N7O6/c1-3-26(20(31)32-2)8-4-5-11-24-16(21)12-17(25-11)27(9-22-12)19-14(29)13(28)15(33-19)18(30)23-10-6-7-10/h9-10,13-15,19,28-29H,3,6-8H2,1-2H3,(H,23,30)(H2,21,24,25)/t13?,14-,15-,19+/m0/s1. The van der Waals surface area contributed by atoms with Gasteiger partial charge in [0.15, 0.2) is 23.8 Å². The number of hydrogen-bond acceptors (Lipinski definition) is 10. The van der Waals surface area contributed by atoms with Crippen LogP contribution in [0.5, 0.6) is 0 Å². The molecule has 0 aromatic carbocycles. The molecule has 3 heterocycles. The number of methoxy groups -OCH3 is 1. The van der Waals surface area contributed by atoms with Gasteiger partial charge >= 0.3 is 6.09 Å². The zero-order valence-electron chi connectivity index (χ0n) is 18.1. The molecule has 1 saturated carbocycles. The van der Waals surface area contributed by atoms with Crippen LogP contribution < -0.4 is 11.1 Å². The Labute approximate surface area is 188 Å². The average Bonchev–Trinajstić information content (AvgIpc) is 3.43. The van der Waals surface area contributed by atoms with Gasteiger partial charge in [-0.25, -0.2) is 19.7 Å². The Bertz CT molecular complexity index is 1120. The second-order valence-corrected chi connectivity index (χ2v) is 7.75. The molecule has 0 radical (unpaired) electrons. The van der Waals surface area contributed by atoms with Gasteiger partial charge in [-0.1, -0.05) is 5.92 Å². The number of ether oxygens (including phenoxy) is 2. The minimum Gasteiger partial charge on any atom is -0.453 e. The van der Waals surface area contributed by atoms with Crippen molar-refractivity contribution >= 4 is 29.0 Å². The smallest absolute Gasteiger partial charge is 0.410 e. The first-order valence-electron chi connectivity index (χ1n) is 10.5. The molecular formula is C20H25N7O6. The number of rotatable bonds is 5. The Kier molecular flexibility index (Phi) is 6.32. The van der Waals surface area contributed by atoms with Crippen LogP contribution in [0.3, 0.4) is 0 Å². The molecule has 1 saturated heterocycles. The predicted octanol–water partition coefficient (Wildman–Crippen LogP) is -1.25. The van der Waals surface area contributed by atoms with E-state index in [1.54, 1.807) is 6.92 Å². The normalized spacial score (nSPS) is 24.2. The highest BCUT2D eigenvalue weighted by atomic mass is 16.6. The van der Waals surface area contributed by atoms with Gasteiger partial charge in [-0.05, 0) is 25.7 Å². The number of aliphatic hydroxyl groups is 2. The fourth-order valence-corrected chi connectivity index (χ4v) is 3.45. The van der Waals surface area contributed by atoms with Gasteiger partial charge < -0.3 is 30.7 Å². The third kappa shape index (κ3) is 4.54. The van der Waals surface area contributed by atoms with E-state index in [2.05, 4.69) is 36.8 Å². The summed E-state index contributed by atoms with van der Waals surface area (Å²) < 4.78 is 11.8. The topological polar surface area (TPSA) is 178 Å². The van der Waals surface area contributed by atoms with E-state index in [1.807, 2.05) is 0 Å². The molecule has 33 heavy (non-hydrogen) atoms. The molecular weight excluding hydrogens is 434 g/mol. The first-order chi connectivity index (χ1) is 15.8. The maximum absolute atomic E-state index is 12.4. The Morgan fingerprint density at radius 1 is 1.36 bits per heavy atom. The Hall–Kier alpha value is -3.47. The quantitative estimate of drug-likeness (QED) is 0.395. The minimum absolute atomic E-state index is 0.0550. The molecule has 2 aromatic heterocycles. The van der Waals surface area contributed by atoms with Gasteiger partial charge in [0.2, 0.25) is 5.82 Å². The Morgan fingerprint density at radius 2 is 2.12 bits per heavy atom. The second kappa shape index (κ2) is 9.18. The van der Waals surface area contributed by atoms with Crippen molar-refractivity contribution < 1.29 is 29.3 Å². The van der Waals surface area contributed by atoms with Gasteiger partial charge in [0.25, 0.3) is 5.91 Å². The average molecular weight is 459 g/mol. The summed E-state index contributed by atoms with van der Waals surface area (Å²) in [5, 5.41) is 23.7. The maximum atomic E-state index is 12.4. The number of hydrogen-bond donors (Lipinski definition) is 4. The Balaban J connectivity index is 1.58. The third-order valence-corrected chi connectivity index (χ3v) is 5.43. The number of anilines is 1. The highest BCUT2D eigenvalue weighted by Gasteiger charge is 2.48. The molecule has 2 aromatic rings. The SMILES string of the molecule is CCN(CC#Cc1nc(N)c2ncn([C@@H]3O[C@H](C(=O)NC4CC4)C(O)[C@@H]3O)c2n1)C(=O)OC. The van der Waals surface area contributed by atoms with Crippen LogP contribution in [0, 0.1) is 11.8 Å². The number of aliphatic hydroxyl groups excluding tert-OH is 2. The number of nitrogens with one attached hydrogen (secondary N) is 1. The first kappa shape index (κ1) is 22.7. The van der Waals surface area contributed by atoms with Crippen LogP contribution in [0.25, 0.3) is 11.2 Å². The molecule has 2 fully saturated rings. The number of nitrogen functional groups attached to an aromatic ring is 1. The lowest BCUT2D eigenvalue weighted by atomic mass is 10.1. The van der Waals surface area contributed by atoms with Crippen molar-refractivity contribution in [2.24, 2.45) is 0 Å². The fourth-order valence-electron chi connectivity index (χ4n) is 3.45. The lowest BCUT2D eigenvalue weighted by Crippen LogP contribution is -2.43. The molecule has 2 aliphatic rings. The molecule has 1 aliphatic heterocycles. The van der Waals surface area contributed by atoms with Crippen LogP contribution >= 0.6 is 0 Å². The van der Waals surface area contributed by atoms with Crippen molar-refractivity contribution in [3.8, 4) is 11.8 Å². The molecule has 13 heteroatoms. The van der Waals surface area contributed by atoms with E-state index in [0.29, 0.717) is 6.54 Å². The van der Waals surface area contributed by atoms with Crippen molar-refractivity contribution in [1.82, 2.24) is 29.7 Å². The van der Waals surface area contributed by atoms with E-state index in [4.69, 9.17) is 10.5 Å². The van der Waals surface area contributed by atoms with E-state index in [0.717, 1.165) is 12.8 Å². The summed E-state index contributed by atoms with van der Waals surface area (Å²) in [6, 6.07) is 0.0788. The number of fused-ring (bicyclic) bond motifs is 1. The third-order valence-electron chi connectivity index (χ3n) is 5.43. The van der Waals surface area contributed by atoms with Crippen molar-refractivity contribution in [3.05, 3.63) is 12.2 Å². The molecule has 4 atom stereocenters. The van der Waals surface area contributed by atoms with Gasteiger partial charge in [0, 0.05) is 12.6 Å². The lowest BCUT2D eigenvalue weighted by molar-refractivity contribution is -0.137. The van der Waals surface area contributed by atoms with Crippen molar-refractivity contribution in [2.45, 2.75) is 50.3 Å². The number of nitrogens with zero attached hydrogens (tertiary/aromatic N) is 5. The molecule has 0 bridgehead atoms. The number of carbonyl (C=O) groups is 2. The molecule has 1 aliphatic carbocycles. The number of amides is 2. The van der Waals surface area contributed by atoms with Gasteiger partial charge in [-0.3, -0.25) is 14.3 Å². The second-order valence-electron chi connectivity index (χ2n) is 7.75. The summed E-state index contributed by atoms with van der Waals surface area (Å²) in [6.07, 6.45) is -2.60. The minimum atomic E-state index is -1.43. The van der Waals surface area contributed by atoms with E-state index >= 15 is 0 Å². The zero-order chi connectivity index (χ0) is 23.7. The van der Waals surface area contributed by atoms with Crippen LogP contribution in [-0.2, 0) is 14.3 Å². The first-order valence-corrected chi connectivity index (χ1v) is 10.5. The highest BCUT2D eigenvalue weighted by Crippen LogP contribution is 2.33. The summed E-state index contributed by atoms with van der Waals surface area (Å²) in [6.45, 7) is 2.29. The summed E-state index contributed by atoms with van der Waals surface area (Å²) in [5.74, 6) is 5.18. The van der Waals surface area contributed by atoms with E-state index in [1.165, 1.54) is 22.9 Å². The number of carbonyl (C=O) groups excluding carboxylic acids is 2. The molecule has 13 nitrogen and oxygen atoms in total. The summed E-state index contributed by atoms with van der Waals surface area (Å²) >= 11 is 0. The molecule has 176 valence electrons. The molecule has 2 amide bonds. The predicted molar refractivity (Wildman–Crippen MR) is 113 cm³/mol. The maximum Gasteiger partial charge on any atom is 0.410 e. The van der Waals surface area contributed by atoms with E-state index < -0.39 is 36.5 Å². The zero-order valence-corrected chi connectivity index (χ0v) is 18.1. The molecule has 1 unspecified atom stereocenters. The van der Waals surface area contributed by atoms with Crippen LogP contribution in [0.1, 0.15) is 31.8 Å². The van der Waals surface area contributed by atoms with Crippen LogP contribution in [0.2, 0.25) is 0 Å². The van der Waals surface area contributed by atoms with Crippen molar-refractivity contribution in [1.29, 1.82) is 0 Å². The molecule has 4 rings (SSSR count). The summed E-state index contributed by atoms with van der Waals surface area (Å²) in [4.78, 5) is 38.0. The van der Waals surface area contributed by atoms with Crippen molar-refractivity contribution in [3.63, 3.8) is 0 Å². The van der Waals surface area contributed by atoms with E-state index in [9.17, 15) is 19.8 Å². The summed E-state index contributed by atoms with van der Waals surface area (Å²) in [5.41, 5.74) is 6.47. The largest absolute Gasteiger partial charge is 0.453 e. The monoisotopic (exact) mass is 459 g/mol. The molecule has 0 spiro atoms. The van der Waals surface area contributed by atoms with Gasteiger partial charge in [0.1, 0.15) is 17.7 Å². The number of aromatic nitrogens is 4. The number of nitrogens with two attached hydrogens (primary N) is 1. The highest BCUT2D eigenvalue weighted by molar-refractivity contribution is 5.83. The van der Waals surface area contributed by atoms with Crippen LogP contribution in [-0.4, -0.2) is 91.2 Å². The van der Waals surface area contributed by atoms with Gasteiger partial charge in [-0.2, -0.15) is 0 Å². The Morgan fingerprint density at radius 3 is 2.79 bits per heavy atom. The number of imidazole rings is 1. The van der Waals surface area contributed by atoms with E-state index in [-0.39, 0.29) is 35.4 Å². The lowest BCUT2D eigenvalue weighted by Gasteiger charge is -2.16. The van der Waals surface area contributed by atoms with Gasteiger partial charge in [0.05, 0.1) is 20.0 Å².